The predicted molar refractivity (Wildman–Crippen MR) is 84.6 cm³/mol. The molecule has 1 heterocycles. The van der Waals surface area contributed by atoms with E-state index in [9.17, 15) is 14.4 Å². The van der Waals surface area contributed by atoms with Crippen LogP contribution in [0.3, 0.4) is 0 Å². The number of amides is 1. The van der Waals surface area contributed by atoms with E-state index in [1.54, 1.807) is 24.3 Å². The van der Waals surface area contributed by atoms with Crippen LogP contribution in [0.1, 0.15) is 22.3 Å². The highest BCUT2D eigenvalue weighted by Crippen LogP contribution is 2.22. The lowest BCUT2D eigenvalue weighted by atomic mass is 10.1. The molecule has 0 radical (unpaired) electrons. The van der Waals surface area contributed by atoms with Gasteiger partial charge < -0.3 is 15.2 Å². The quantitative estimate of drug-likeness (QED) is 0.468. The van der Waals surface area contributed by atoms with Gasteiger partial charge in [-0.2, -0.15) is 5.10 Å². The minimum Gasteiger partial charge on any atom is -0.481 e. The first-order valence-electron chi connectivity index (χ1n) is 6.48. The molecule has 120 valence electrons. The van der Waals surface area contributed by atoms with Crippen molar-refractivity contribution in [2.45, 2.75) is 11.7 Å². The zero-order valence-electron chi connectivity index (χ0n) is 12.1. The van der Waals surface area contributed by atoms with Crippen molar-refractivity contribution >= 4 is 41.0 Å². The minimum atomic E-state index is -1.05. The van der Waals surface area contributed by atoms with Crippen molar-refractivity contribution in [3.8, 4) is 0 Å². The van der Waals surface area contributed by atoms with Gasteiger partial charge in [-0.1, -0.05) is 23.9 Å². The van der Waals surface area contributed by atoms with Crippen LogP contribution in [0.25, 0.3) is 0 Å². The number of nitrogens with one attached hydrogen (secondary N) is 1. The summed E-state index contributed by atoms with van der Waals surface area (Å²) in [6.45, 7) is 0. The number of aliphatic carboxylic acids is 1. The topological polar surface area (TPSA) is 117 Å². The lowest BCUT2D eigenvalue weighted by Gasteiger charge is -1.98. The van der Waals surface area contributed by atoms with Gasteiger partial charge in [0.05, 0.1) is 25.3 Å². The largest absolute Gasteiger partial charge is 0.481 e. The molecule has 1 amide bonds. The van der Waals surface area contributed by atoms with Crippen LogP contribution >= 0.6 is 11.8 Å². The fourth-order valence-electron chi connectivity index (χ4n) is 1.72. The molecule has 2 N–H and O–H groups in total. The molecule has 0 bridgehead atoms. The van der Waals surface area contributed by atoms with E-state index in [4.69, 9.17) is 5.11 Å². The van der Waals surface area contributed by atoms with E-state index in [2.05, 4.69) is 20.3 Å². The maximum atomic E-state index is 11.5. The van der Waals surface area contributed by atoms with Gasteiger partial charge in [-0.15, -0.1) is 5.10 Å². The Balaban J connectivity index is 1.97. The highest BCUT2D eigenvalue weighted by molar-refractivity contribution is 8.15. The molecule has 1 aliphatic rings. The van der Waals surface area contributed by atoms with Crippen LogP contribution in [0.15, 0.2) is 34.5 Å². The molecule has 8 nitrogen and oxygen atoms in total. The number of esters is 1. The molecule has 1 aliphatic heterocycles. The van der Waals surface area contributed by atoms with Crippen molar-refractivity contribution in [3.05, 3.63) is 35.4 Å². The Morgan fingerprint density at radius 1 is 1.39 bits per heavy atom. The smallest absolute Gasteiger partial charge is 0.337 e. The summed E-state index contributed by atoms with van der Waals surface area (Å²) < 4.78 is 4.59. The molecule has 0 spiro atoms. The van der Waals surface area contributed by atoms with Crippen LogP contribution in [-0.2, 0) is 14.3 Å². The monoisotopic (exact) mass is 335 g/mol. The van der Waals surface area contributed by atoms with E-state index < -0.39 is 23.1 Å². The number of carbonyl (C=O) groups excluding carboxylic acids is 2. The van der Waals surface area contributed by atoms with E-state index in [1.165, 1.54) is 13.3 Å². The Morgan fingerprint density at radius 3 is 2.70 bits per heavy atom. The summed E-state index contributed by atoms with van der Waals surface area (Å²) in [6, 6.07) is 6.53. The summed E-state index contributed by atoms with van der Waals surface area (Å²) in [7, 11) is 1.30. The lowest BCUT2D eigenvalue weighted by molar-refractivity contribution is -0.138. The molecule has 1 aromatic rings. The van der Waals surface area contributed by atoms with Gasteiger partial charge in [0.1, 0.15) is 5.25 Å². The van der Waals surface area contributed by atoms with Crippen molar-refractivity contribution in [2.75, 3.05) is 7.11 Å². The molecular weight excluding hydrogens is 322 g/mol. The fraction of sp³-hybridized carbons (Fsp3) is 0.214. The fourth-order valence-corrected chi connectivity index (χ4v) is 2.63. The van der Waals surface area contributed by atoms with Gasteiger partial charge in [-0.25, -0.2) is 4.79 Å². The molecule has 0 aromatic heterocycles. The Labute approximate surface area is 135 Å². The maximum Gasteiger partial charge on any atom is 0.337 e. The Hall–Kier alpha value is -2.68. The molecule has 1 atom stereocenters. The van der Waals surface area contributed by atoms with Gasteiger partial charge in [-0.05, 0) is 17.7 Å². The number of carboxylic acid groups (broad SMARTS) is 1. The van der Waals surface area contributed by atoms with E-state index in [0.717, 1.165) is 11.8 Å². The Kier molecular flexibility index (Phi) is 5.47. The first-order valence-corrected chi connectivity index (χ1v) is 7.36. The number of ether oxygens (including phenoxy) is 1. The average Bonchev–Trinajstić information content (AvgIpc) is 2.86. The molecule has 0 saturated carbocycles. The molecule has 23 heavy (non-hydrogen) atoms. The second-order valence-corrected chi connectivity index (χ2v) is 5.65. The van der Waals surface area contributed by atoms with Crippen LogP contribution in [0, 0.1) is 0 Å². The first kappa shape index (κ1) is 16.7. The maximum absolute atomic E-state index is 11.5. The van der Waals surface area contributed by atoms with Crippen LogP contribution in [-0.4, -0.2) is 46.7 Å². The number of carboxylic acids is 1. The number of nitrogens with zero attached hydrogens (tertiary/aromatic N) is 2. The van der Waals surface area contributed by atoms with Gasteiger partial charge >= 0.3 is 11.9 Å². The number of carbonyl (C=O) groups is 3. The van der Waals surface area contributed by atoms with Crippen molar-refractivity contribution in [1.82, 2.24) is 5.32 Å². The van der Waals surface area contributed by atoms with Crippen molar-refractivity contribution in [1.29, 1.82) is 0 Å². The predicted octanol–water partition coefficient (Wildman–Crippen LogP) is 0.869. The zero-order chi connectivity index (χ0) is 16.8. The summed E-state index contributed by atoms with van der Waals surface area (Å²) in [6.07, 6.45) is 1.18. The number of methoxy groups -OCH3 is 1. The second-order valence-electron chi connectivity index (χ2n) is 4.46. The van der Waals surface area contributed by atoms with Crippen LogP contribution in [0.2, 0.25) is 0 Å². The molecule has 1 fully saturated rings. The van der Waals surface area contributed by atoms with E-state index in [0.29, 0.717) is 11.1 Å². The summed E-state index contributed by atoms with van der Waals surface area (Å²) in [5.74, 6) is -1.87. The van der Waals surface area contributed by atoms with Crippen molar-refractivity contribution in [2.24, 2.45) is 10.2 Å². The molecule has 0 aliphatic carbocycles. The van der Waals surface area contributed by atoms with E-state index >= 15 is 0 Å². The number of rotatable bonds is 5. The van der Waals surface area contributed by atoms with Gasteiger partial charge in [0.2, 0.25) is 5.91 Å². The number of hydrogen-bond donors (Lipinski definition) is 2. The number of hydrogen-bond acceptors (Lipinski definition) is 7. The zero-order valence-corrected chi connectivity index (χ0v) is 12.9. The Bertz CT molecular complexity index is 684. The molecule has 1 saturated heterocycles. The SMILES string of the molecule is COC(=O)c1ccc(/C=N/N=C2\NC(=O)C(CC(=O)O)S2)cc1. The highest BCUT2D eigenvalue weighted by atomic mass is 32.2. The molecular formula is C14H13N3O5S. The highest BCUT2D eigenvalue weighted by Gasteiger charge is 2.32. The number of amidine groups is 1. The molecule has 2 rings (SSSR count). The van der Waals surface area contributed by atoms with E-state index in [-0.39, 0.29) is 11.6 Å². The summed E-state index contributed by atoms with van der Waals surface area (Å²) in [4.78, 5) is 33.4. The Morgan fingerprint density at radius 2 is 2.09 bits per heavy atom. The van der Waals surface area contributed by atoms with Crippen molar-refractivity contribution in [3.63, 3.8) is 0 Å². The standard InChI is InChI=1S/C14H13N3O5S/c1-22-13(21)9-4-2-8(3-5-9)7-15-17-14-16-12(20)10(23-14)6-11(18)19/h2-5,7,10H,6H2,1H3,(H,18,19)(H,16,17,20)/b15-7+. The van der Waals surface area contributed by atoms with Crippen molar-refractivity contribution < 1.29 is 24.2 Å². The van der Waals surface area contributed by atoms with Crippen LogP contribution in [0.5, 0.6) is 0 Å². The van der Waals surface area contributed by atoms with Gasteiger partial charge in [0.25, 0.3) is 0 Å². The average molecular weight is 335 g/mol. The summed E-state index contributed by atoms with van der Waals surface area (Å²) >= 11 is 1.03. The second kappa shape index (κ2) is 7.54. The van der Waals surface area contributed by atoms with Gasteiger partial charge in [-0.3, -0.25) is 9.59 Å². The third-order valence-corrected chi connectivity index (χ3v) is 3.90. The molecule has 9 heteroatoms. The normalized spacial score (nSPS) is 19.1. The lowest BCUT2D eigenvalue weighted by Crippen LogP contribution is -2.26. The molecule has 1 aromatic carbocycles. The van der Waals surface area contributed by atoms with Gasteiger partial charge in [0, 0.05) is 0 Å². The summed E-state index contributed by atoms with van der Waals surface area (Å²) in [5, 5.41) is 18.4. The number of benzene rings is 1. The third-order valence-electron chi connectivity index (χ3n) is 2.82. The van der Waals surface area contributed by atoms with E-state index in [1.807, 2.05) is 0 Å². The van der Waals surface area contributed by atoms with Crippen LogP contribution < -0.4 is 5.32 Å². The summed E-state index contributed by atoms with van der Waals surface area (Å²) in [5.41, 5.74) is 1.13. The van der Waals surface area contributed by atoms with Gasteiger partial charge in [0.15, 0.2) is 5.17 Å². The molecule has 1 unspecified atom stereocenters. The number of thioether (sulfide) groups is 1. The van der Waals surface area contributed by atoms with Crippen LogP contribution in [0.4, 0.5) is 0 Å². The minimum absolute atomic E-state index is 0.253. The third kappa shape index (κ3) is 4.65. The first-order chi connectivity index (χ1) is 11.0.